The van der Waals surface area contributed by atoms with Crippen LogP contribution in [-0.2, 0) is 0 Å². The summed E-state index contributed by atoms with van der Waals surface area (Å²) < 4.78 is 0. The van der Waals surface area contributed by atoms with Gasteiger partial charge in [-0.25, -0.2) is 0 Å². The Kier molecular flexibility index (Phi) is 6.35. The van der Waals surface area contributed by atoms with Crippen LogP contribution in [0.2, 0.25) is 0 Å². The van der Waals surface area contributed by atoms with Gasteiger partial charge in [0, 0.05) is 6.54 Å². The summed E-state index contributed by atoms with van der Waals surface area (Å²) in [6.07, 6.45) is 3.16. The molecular formula is C11H25NO. The van der Waals surface area contributed by atoms with E-state index in [9.17, 15) is 5.11 Å². The Morgan fingerprint density at radius 3 is 2.46 bits per heavy atom. The van der Waals surface area contributed by atoms with Crippen molar-refractivity contribution in [2.24, 2.45) is 5.92 Å². The molecule has 2 heteroatoms. The molecule has 1 atom stereocenters. The maximum Gasteiger partial charge on any atom is 0.0743 e. The summed E-state index contributed by atoms with van der Waals surface area (Å²) >= 11 is 0. The molecule has 80 valence electrons. The number of aliphatic hydroxyl groups is 1. The van der Waals surface area contributed by atoms with Gasteiger partial charge < -0.3 is 10.4 Å². The van der Waals surface area contributed by atoms with Gasteiger partial charge >= 0.3 is 0 Å². The molecule has 0 spiro atoms. The zero-order valence-corrected chi connectivity index (χ0v) is 9.56. The van der Waals surface area contributed by atoms with Crippen molar-refractivity contribution in [3.05, 3.63) is 0 Å². The molecule has 0 bridgehead atoms. The highest BCUT2D eigenvalue weighted by Gasteiger charge is 2.18. The number of rotatable bonds is 7. The number of hydrogen-bond acceptors (Lipinski definition) is 2. The molecule has 0 aromatic carbocycles. The third-order valence-electron chi connectivity index (χ3n) is 2.13. The van der Waals surface area contributed by atoms with Crippen molar-refractivity contribution in [2.75, 3.05) is 13.1 Å². The van der Waals surface area contributed by atoms with Gasteiger partial charge in [0.05, 0.1) is 5.60 Å². The molecule has 0 fully saturated rings. The van der Waals surface area contributed by atoms with Gasteiger partial charge in [-0.3, -0.25) is 0 Å². The molecule has 0 saturated carbocycles. The molecule has 0 aliphatic rings. The molecule has 0 aromatic heterocycles. The fraction of sp³-hybridized carbons (Fsp3) is 1.00. The molecule has 0 amide bonds. The SMILES string of the molecule is CCCCC(C)(O)CNCC(C)C. The van der Waals surface area contributed by atoms with Crippen LogP contribution in [0.4, 0.5) is 0 Å². The average molecular weight is 187 g/mol. The monoisotopic (exact) mass is 187 g/mol. The van der Waals surface area contributed by atoms with Gasteiger partial charge in [-0.1, -0.05) is 33.6 Å². The van der Waals surface area contributed by atoms with Crippen molar-refractivity contribution >= 4 is 0 Å². The lowest BCUT2D eigenvalue weighted by atomic mass is 9.99. The van der Waals surface area contributed by atoms with Crippen LogP contribution >= 0.6 is 0 Å². The average Bonchev–Trinajstić information content (AvgIpc) is 2.00. The largest absolute Gasteiger partial charge is 0.389 e. The van der Waals surface area contributed by atoms with E-state index < -0.39 is 5.60 Å². The highest BCUT2D eigenvalue weighted by Crippen LogP contribution is 2.12. The summed E-state index contributed by atoms with van der Waals surface area (Å²) in [7, 11) is 0. The van der Waals surface area contributed by atoms with Gasteiger partial charge in [0.15, 0.2) is 0 Å². The molecule has 0 rings (SSSR count). The predicted molar refractivity (Wildman–Crippen MR) is 57.9 cm³/mol. The van der Waals surface area contributed by atoms with Gasteiger partial charge in [0.25, 0.3) is 0 Å². The molecule has 0 aliphatic carbocycles. The van der Waals surface area contributed by atoms with E-state index in [0.29, 0.717) is 12.5 Å². The topological polar surface area (TPSA) is 32.3 Å². The van der Waals surface area contributed by atoms with Crippen LogP contribution in [0.1, 0.15) is 47.0 Å². The van der Waals surface area contributed by atoms with E-state index in [-0.39, 0.29) is 0 Å². The van der Waals surface area contributed by atoms with Crippen molar-refractivity contribution in [1.29, 1.82) is 0 Å². The molecular weight excluding hydrogens is 162 g/mol. The van der Waals surface area contributed by atoms with Gasteiger partial charge in [0.1, 0.15) is 0 Å². The minimum atomic E-state index is -0.523. The molecule has 13 heavy (non-hydrogen) atoms. The second-order valence-corrected chi connectivity index (χ2v) is 4.63. The molecule has 0 radical (unpaired) electrons. The molecule has 0 aliphatic heterocycles. The maximum atomic E-state index is 9.90. The lowest BCUT2D eigenvalue weighted by Crippen LogP contribution is -2.39. The van der Waals surface area contributed by atoms with Crippen LogP contribution < -0.4 is 5.32 Å². The zero-order chi connectivity index (χ0) is 10.3. The molecule has 1 unspecified atom stereocenters. The summed E-state index contributed by atoms with van der Waals surface area (Å²) in [5.74, 6) is 0.655. The van der Waals surface area contributed by atoms with E-state index in [1.165, 1.54) is 0 Å². The summed E-state index contributed by atoms with van der Waals surface area (Å²) in [5.41, 5.74) is -0.523. The van der Waals surface area contributed by atoms with Gasteiger partial charge in [0.2, 0.25) is 0 Å². The first kappa shape index (κ1) is 12.9. The van der Waals surface area contributed by atoms with E-state index in [0.717, 1.165) is 25.8 Å². The van der Waals surface area contributed by atoms with Crippen LogP contribution in [0.3, 0.4) is 0 Å². The molecule has 2 nitrogen and oxygen atoms in total. The Morgan fingerprint density at radius 1 is 1.38 bits per heavy atom. The third-order valence-corrected chi connectivity index (χ3v) is 2.13. The lowest BCUT2D eigenvalue weighted by molar-refractivity contribution is 0.0480. The molecule has 0 aromatic rings. The Balaban J connectivity index is 3.50. The highest BCUT2D eigenvalue weighted by atomic mass is 16.3. The minimum absolute atomic E-state index is 0.523. The Labute approximate surface area is 82.7 Å². The summed E-state index contributed by atoms with van der Waals surface area (Å²) in [6, 6.07) is 0. The number of unbranched alkanes of at least 4 members (excludes halogenated alkanes) is 1. The van der Waals surface area contributed by atoms with Gasteiger partial charge in [-0.2, -0.15) is 0 Å². The fourth-order valence-corrected chi connectivity index (χ4v) is 1.28. The second kappa shape index (κ2) is 6.39. The summed E-state index contributed by atoms with van der Waals surface area (Å²) in [5, 5.41) is 13.2. The lowest BCUT2D eigenvalue weighted by Gasteiger charge is -2.24. The van der Waals surface area contributed by atoms with Crippen LogP contribution in [0.5, 0.6) is 0 Å². The summed E-state index contributed by atoms with van der Waals surface area (Å²) in [4.78, 5) is 0. The Morgan fingerprint density at radius 2 is 2.00 bits per heavy atom. The van der Waals surface area contributed by atoms with Crippen LogP contribution in [0.25, 0.3) is 0 Å². The van der Waals surface area contributed by atoms with E-state index in [1.807, 2.05) is 6.92 Å². The first-order valence-electron chi connectivity index (χ1n) is 5.41. The highest BCUT2D eigenvalue weighted by molar-refractivity contribution is 4.75. The van der Waals surface area contributed by atoms with Crippen molar-refractivity contribution < 1.29 is 5.11 Å². The number of nitrogens with one attached hydrogen (secondary N) is 1. The van der Waals surface area contributed by atoms with Crippen molar-refractivity contribution in [3.8, 4) is 0 Å². The van der Waals surface area contributed by atoms with Gasteiger partial charge in [-0.05, 0) is 25.8 Å². The Bertz CT molecular complexity index is 121. The normalized spacial score (nSPS) is 16.2. The molecule has 0 saturated heterocycles. The third kappa shape index (κ3) is 8.26. The smallest absolute Gasteiger partial charge is 0.0743 e. The van der Waals surface area contributed by atoms with E-state index in [1.54, 1.807) is 0 Å². The molecule has 0 heterocycles. The van der Waals surface area contributed by atoms with Crippen molar-refractivity contribution in [3.63, 3.8) is 0 Å². The first-order chi connectivity index (χ1) is 5.98. The van der Waals surface area contributed by atoms with Gasteiger partial charge in [-0.15, -0.1) is 0 Å². The predicted octanol–water partition coefficient (Wildman–Crippen LogP) is 2.17. The van der Waals surface area contributed by atoms with E-state index in [4.69, 9.17) is 0 Å². The van der Waals surface area contributed by atoms with E-state index in [2.05, 4.69) is 26.1 Å². The van der Waals surface area contributed by atoms with Crippen LogP contribution in [-0.4, -0.2) is 23.8 Å². The molecule has 2 N–H and O–H groups in total. The minimum Gasteiger partial charge on any atom is -0.389 e. The van der Waals surface area contributed by atoms with Crippen molar-refractivity contribution in [2.45, 2.75) is 52.6 Å². The zero-order valence-electron chi connectivity index (χ0n) is 9.56. The first-order valence-corrected chi connectivity index (χ1v) is 5.41. The fourth-order valence-electron chi connectivity index (χ4n) is 1.28. The second-order valence-electron chi connectivity index (χ2n) is 4.63. The van der Waals surface area contributed by atoms with E-state index >= 15 is 0 Å². The van der Waals surface area contributed by atoms with Crippen molar-refractivity contribution in [1.82, 2.24) is 5.32 Å². The Hall–Kier alpha value is -0.0800. The standard InChI is InChI=1S/C11H25NO/c1-5-6-7-11(4,13)9-12-8-10(2)3/h10,12-13H,5-9H2,1-4H3. The number of hydrogen-bond donors (Lipinski definition) is 2. The summed E-state index contributed by atoms with van der Waals surface area (Å²) in [6.45, 7) is 10.1. The van der Waals surface area contributed by atoms with Crippen LogP contribution in [0.15, 0.2) is 0 Å². The quantitative estimate of drug-likeness (QED) is 0.640. The maximum absolute atomic E-state index is 9.90. The van der Waals surface area contributed by atoms with Crippen LogP contribution in [0, 0.1) is 5.92 Å².